The molecule has 2 aromatic heterocycles. The van der Waals surface area contributed by atoms with Crippen LogP contribution in [0.3, 0.4) is 0 Å². The van der Waals surface area contributed by atoms with Crippen molar-refractivity contribution in [3.63, 3.8) is 0 Å². The van der Waals surface area contributed by atoms with Crippen molar-refractivity contribution >= 4 is 16.9 Å². The molecule has 0 saturated carbocycles. The fourth-order valence-electron chi connectivity index (χ4n) is 3.41. The normalized spacial score (nSPS) is 15.0. The molecule has 4 rings (SSSR count). The van der Waals surface area contributed by atoms with Crippen molar-refractivity contribution in [2.24, 2.45) is 0 Å². The number of fused-ring (bicyclic) bond motifs is 1. The number of nitrogens with one attached hydrogen (secondary N) is 1. The number of aromatic nitrogens is 2. The van der Waals surface area contributed by atoms with E-state index in [-0.39, 0.29) is 11.8 Å². The first-order valence-electron chi connectivity index (χ1n) is 8.97. The second-order valence-corrected chi connectivity index (χ2v) is 6.74. The molecule has 0 spiro atoms. The maximum Gasteiger partial charge on any atom is 0.316 e. The van der Waals surface area contributed by atoms with Gasteiger partial charge in [0.15, 0.2) is 5.76 Å². The number of likely N-dealkylation sites (tertiary alicyclic amines) is 1. The van der Waals surface area contributed by atoms with Gasteiger partial charge in [-0.3, -0.25) is 4.79 Å². The molecule has 1 fully saturated rings. The third-order valence-electron chi connectivity index (χ3n) is 4.90. The summed E-state index contributed by atoms with van der Waals surface area (Å²) in [4.78, 5) is 18.8. The van der Waals surface area contributed by atoms with Gasteiger partial charge >= 0.3 is 11.8 Å². The highest BCUT2D eigenvalue weighted by molar-refractivity contribution is 5.91. The summed E-state index contributed by atoms with van der Waals surface area (Å²) >= 11 is 0. The van der Waals surface area contributed by atoms with E-state index >= 15 is 0 Å². The quantitative estimate of drug-likeness (QED) is 0.758. The molecule has 0 atom stereocenters. The van der Waals surface area contributed by atoms with Gasteiger partial charge < -0.3 is 19.2 Å². The summed E-state index contributed by atoms with van der Waals surface area (Å²) in [6.07, 6.45) is 2.47. The zero-order valence-corrected chi connectivity index (χ0v) is 15.0. The lowest BCUT2D eigenvalue weighted by Gasteiger charge is -2.13. The minimum absolute atomic E-state index is 0.0435. The summed E-state index contributed by atoms with van der Waals surface area (Å²) in [6, 6.07) is 5.97. The molecule has 0 bridgehead atoms. The van der Waals surface area contributed by atoms with Crippen molar-refractivity contribution in [2.45, 2.75) is 26.7 Å². The molecule has 136 valence electrons. The first-order valence-corrected chi connectivity index (χ1v) is 8.97. The fourth-order valence-corrected chi connectivity index (χ4v) is 3.41. The number of carbonyl (C=O) groups excluding carboxylic acids is 1. The number of benzene rings is 1. The van der Waals surface area contributed by atoms with Crippen molar-refractivity contribution in [2.75, 3.05) is 26.2 Å². The van der Waals surface area contributed by atoms with Crippen LogP contribution in [0, 0.1) is 13.8 Å². The Labute approximate surface area is 151 Å². The maximum absolute atomic E-state index is 12.2. The molecule has 1 aliphatic heterocycles. The van der Waals surface area contributed by atoms with E-state index in [0.29, 0.717) is 18.1 Å². The van der Waals surface area contributed by atoms with Crippen molar-refractivity contribution in [3.8, 4) is 11.6 Å². The first kappa shape index (κ1) is 16.8. The summed E-state index contributed by atoms with van der Waals surface area (Å²) in [5, 5.41) is 7.78. The Morgan fingerprint density at radius 1 is 1.27 bits per heavy atom. The van der Waals surface area contributed by atoms with Crippen LogP contribution >= 0.6 is 0 Å². The van der Waals surface area contributed by atoms with Gasteiger partial charge in [-0.1, -0.05) is 23.4 Å². The van der Waals surface area contributed by atoms with Crippen LogP contribution in [0.15, 0.2) is 27.1 Å². The number of amides is 1. The molecule has 3 aromatic rings. The zero-order valence-electron chi connectivity index (χ0n) is 15.0. The van der Waals surface area contributed by atoms with Gasteiger partial charge in [0.2, 0.25) is 5.82 Å². The molecule has 1 amide bonds. The molecule has 7 nitrogen and oxygen atoms in total. The van der Waals surface area contributed by atoms with Crippen LogP contribution in [0.25, 0.3) is 22.6 Å². The van der Waals surface area contributed by atoms with Gasteiger partial charge in [0.1, 0.15) is 5.58 Å². The Morgan fingerprint density at radius 2 is 2.08 bits per heavy atom. The van der Waals surface area contributed by atoms with E-state index in [1.165, 1.54) is 12.8 Å². The number of hydrogen-bond donors (Lipinski definition) is 1. The van der Waals surface area contributed by atoms with Crippen molar-refractivity contribution in [1.82, 2.24) is 20.4 Å². The molecule has 0 radical (unpaired) electrons. The Kier molecular flexibility index (Phi) is 4.46. The van der Waals surface area contributed by atoms with E-state index in [0.717, 1.165) is 41.7 Å². The Morgan fingerprint density at radius 3 is 2.85 bits per heavy atom. The number of furan rings is 1. The predicted octanol–water partition coefficient (Wildman–Crippen LogP) is 2.93. The Bertz CT molecular complexity index is 938. The summed E-state index contributed by atoms with van der Waals surface area (Å²) < 4.78 is 11.1. The third kappa shape index (κ3) is 3.10. The smallest absolute Gasteiger partial charge is 0.316 e. The molecule has 3 heterocycles. The summed E-state index contributed by atoms with van der Waals surface area (Å²) in [7, 11) is 0. The fraction of sp³-hybridized carbons (Fsp3) is 0.421. The predicted molar refractivity (Wildman–Crippen MR) is 97.0 cm³/mol. The molecule has 0 aliphatic carbocycles. The number of hydrogen-bond acceptors (Lipinski definition) is 6. The molecule has 1 saturated heterocycles. The van der Waals surface area contributed by atoms with E-state index in [4.69, 9.17) is 8.94 Å². The van der Waals surface area contributed by atoms with Gasteiger partial charge in [0, 0.05) is 24.0 Å². The van der Waals surface area contributed by atoms with Crippen molar-refractivity contribution < 1.29 is 13.7 Å². The highest BCUT2D eigenvalue weighted by atomic mass is 16.5. The topological polar surface area (TPSA) is 84.4 Å². The van der Waals surface area contributed by atoms with Crippen LogP contribution < -0.4 is 5.32 Å². The van der Waals surface area contributed by atoms with Gasteiger partial charge in [0.25, 0.3) is 0 Å². The molecule has 0 unspecified atom stereocenters. The third-order valence-corrected chi connectivity index (χ3v) is 4.90. The van der Waals surface area contributed by atoms with Gasteiger partial charge in [-0.05, 0) is 45.3 Å². The highest BCUT2D eigenvalue weighted by Crippen LogP contribution is 2.32. The Hall–Kier alpha value is -2.67. The highest BCUT2D eigenvalue weighted by Gasteiger charge is 2.21. The lowest BCUT2D eigenvalue weighted by Crippen LogP contribution is -2.33. The molecule has 26 heavy (non-hydrogen) atoms. The van der Waals surface area contributed by atoms with Crippen molar-refractivity contribution in [3.05, 3.63) is 35.2 Å². The number of rotatable bonds is 5. The van der Waals surface area contributed by atoms with Crippen LogP contribution in [0.1, 0.15) is 34.7 Å². The molecule has 1 N–H and O–H groups in total. The summed E-state index contributed by atoms with van der Waals surface area (Å²) in [5.41, 5.74) is 2.78. The second kappa shape index (κ2) is 6.92. The molecular formula is C19H22N4O3. The van der Waals surface area contributed by atoms with Crippen LogP contribution in [0.5, 0.6) is 0 Å². The molecule has 1 aliphatic rings. The summed E-state index contributed by atoms with van der Waals surface area (Å²) in [5.74, 6) is 0.433. The van der Waals surface area contributed by atoms with E-state index < -0.39 is 0 Å². The van der Waals surface area contributed by atoms with Gasteiger partial charge in [-0.2, -0.15) is 4.98 Å². The van der Waals surface area contributed by atoms with E-state index in [9.17, 15) is 4.79 Å². The van der Waals surface area contributed by atoms with Crippen LogP contribution in [-0.4, -0.2) is 47.1 Å². The minimum Gasteiger partial charge on any atom is -0.452 e. The Balaban J connectivity index is 1.48. The average molecular weight is 354 g/mol. The monoisotopic (exact) mass is 354 g/mol. The molecule has 1 aromatic carbocycles. The number of carbonyl (C=O) groups is 1. The minimum atomic E-state index is -0.354. The molecular weight excluding hydrogens is 332 g/mol. The number of aryl methyl sites for hydroxylation is 2. The van der Waals surface area contributed by atoms with E-state index in [1.807, 2.05) is 32.0 Å². The van der Waals surface area contributed by atoms with Crippen LogP contribution in [0.2, 0.25) is 0 Å². The van der Waals surface area contributed by atoms with Crippen LogP contribution in [0.4, 0.5) is 0 Å². The van der Waals surface area contributed by atoms with Gasteiger partial charge in [0.05, 0.1) is 0 Å². The number of nitrogens with zero attached hydrogens (tertiary/aromatic N) is 3. The standard InChI is InChI=1S/C19H22N4O3/c1-12-6-5-7-14-13(2)16(25-15(12)14)17-21-19(26-22-17)18(24)20-8-11-23-9-3-4-10-23/h5-7H,3-4,8-11H2,1-2H3,(H,20,24). The van der Waals surface area contributed by atoms with Gasteiger partial charge in [-0.15, -0.1) is 0 Å². The van der Waals surface area contributed by atoms with Crippen molar-refractivity contribution in [1.29, 1.82) is 0 Å². The van der Waals surface area contributed by atoms with Crippen LogP contribution in [-0.2, 0) is 0 Å². The maximum atomic E-state index is 12.2. The second-order valence-electron chi connectivity index (χ2n) is 6.74. The van der Waals surface area contributed by atoms with E-state index in [1.54, 1.807) is 0 Å². The van der Waals surface area contributed by atoms with E-state index in [2.05, 4.69) is 20.4 Å². The first-order chi connectivity index (χ1) is 12.6. The van der Waals surface area contributed by atoms with Gasteiger partial charge in [-0.25, -0.2) is 0 Å². The largest absolute Gasteiger partial charge is 0.452 e. The summed E-state index contributed by atoms with van der Waals surface area (Å²) in [6.45, 7) is 7.56. The SMILES string of the molecule is Cc1c(-c2noc(C(=O)NCCN3CCCC3)n2)oc2c(C)cccc12. The lowest BCUT2D eigenvalue weighted by atomic mass is 10.1. The lowest BCUT2D eigenvalue weighted by molar-refractivity contribution is 0.0906. The zero-order chi connectivity index (χ0) is 18.1. The number of para-hydroxylation sites is 1. The molecule has 7 heteroatoms. The average Bonchev–Trinajstić information content (AvgIpc) is 3.36.